The SMILES string of the molecule is CN1CCCCC1/C=C/c1ccc(F)cc1. The van der Waals surface area contributed by atoms with Crippen LogP contribution in [0.1, 0.15) is 24.8 Å². The fourth-order valence-corrected chi connectivity index (χ4v) is 2.14. The highest BCUT2D eigenvalue weighted by atomic mass is 19.1. The van der Waals surface area contributed by atoms with Crippen molar-refractivity contribution in [3.63, 3.8) is 0 Å². The van der Waals surface area contributed by atoms with Crippen molar-refractivity contribution in [2.45, 2.75) is 25.3 Å². The fraction of sp³-hybridized carbons (Fsp3) is 0.429. The molecule has 1 aliphatic heterocycles. The average Bonchev–Trinajstić information content (AvgIpc) is 2.30. The molecule has 16 heavy (non-hydrogen) atoms. The van der Waals surface area contributed by atoms with Gasteiger partial charge in [0.1, 0.15) is 5.82 Å². The predicted molar refractivity (Wildman–Crippen MR) is 65.7 cm³/mol. The molecule has 0 aromatic heterocycles. The lowest BCUT2D eigenvalue weighted by molar-refractivity contribution is 0.222. The van der Waals surface area contributed by atoms with Crippen LogP contribution < -0.4 is 0 Å². The van der Waals surface area contributed by atoms with E-state index in [1.54, 1.807) is 0 Å². The third-order valence-corrected chi connectivity index (χ3v) is 3.21. The standard InChI is InChI=1S/C14H18FN/c1-16-11-3-2-4-14(16)10-7-12-5-8-13(15)9-6-12/h5-10,14H,2-4,11H2,1H3/b10-7+. The number of likely N-dealkylation sites (tertiary alicyclic amines) is 1. The third-order valence-electron chi connectivity index (χ3n) is 3.21. The van der Waals surface area contributed by atoms with E-state index >= 15 is 0 Å². The summed E-state index contributed by atoms with van der Waals surface area (Å²) in [6.45, 7) is 1.18. The molecule has 2 rings (SSSR count). The molecular weight excluding hydrogens is 201 g/mol. The van der Waals surface area contributed by atoms with Gasteiger partial charge in [-0.3, -0.25) is 4.90 Å². The topological polar surface area (TPSA) is 3.24 Å². The van der Waals surface area contributed by atoms with Crippen LogP contribution in [0.2, 0.25) is 0 Å². The number of likely N-dealkylation sites (N-methyl/N-ethyl adjacent to an activating group) is 1. The van der Waals surface area contributed by atoms with E-state index < -0.39 is 0 Å². The van der Waals surface area contributed by atoms with Crippen LogP contribution in [0.4, 0.5) is 4.39 Å². The first-order chi connectivity index (χ1) is 7.75. The van der Waals surface area contributed by atoms with Gasteiger partial charge in [-0.15, -0.1) is 0 Å². The summed E-state index contributed by atoms with van der Waals surface area (Å²) in [4.78, 5) is 2.38. The Morgan fingerprint density at radius 1 is 1.25 bits per heavy atom. The molecule has 1 fully saturated rings. The normalized spacial score (nSPS) is 22.8. The van der Waals surface area contributed by atoms with E-state index in [2.05, 4.69) is 24.1 Å². The Bertz CT molecular complexity index is 356. The van der Waals surface area contributed by atoms with E-state index in [1.165, 1.54) is 37.9 Å². The van der Waals surface area contributed by atoms with Crippen LogP contribution in [-0.4, -0.2) is 24.5 Å². The molecule has 1 heterocycles. The maximum atomic E-state index is 12.7. The molecule has 0 spiro atoms. The zero-order valence-electron chi connectivity index (χ0n) is 9.70. The summed E-state index contributed by atoms with van der Waals surface area (Å²) in [5.41, 5.74) is 1.07. The smallest absolute Gasteiger partial charge is 0.123 e. The Morgan fingerprint density at radius 3 is 2.69 bits per heavy atom. The molecule has 1 atom stereocenters. The summed E-state index contributed by atoms with van der Waals surface area (Å²) in [5.74, 6) is -0.174. The van der Waals surface area contributed by atoms with Gasteiger partial charge in [-0.05, 0) is 44.1 Å². The molecule has 1 saturated heterocycles. The highest BCUT2D eigenvalue weighted by Crippen LogP contribution is 2.17. The number of rotatable bonds is 2. The molecule has 0 radical (unpaired) electrons. The summed E-state index contributed by atoms with van der Waals surface area (Å²) in [6, 6.07) is 7.18. The first-order valence-corrected chi connectivity index (χ1v) is 5.90. The number of piperidine rings is 1. The first kappa shape index (κ1) is 11.3. The van der Waals surface area contributed by atoms with Crippen molar-refractivity contribution in [2.75, 3.05) is 13.6 Å². The van der Waals surface area contributed by atoms with Crippen LogP contribution in [0.15, 0.2) is 30.3 Å². The molecule has 0 N–H and O–H groups in total. The van der Waals surface area contributed by atoms with Crippen LogP contribution in [0.3, 0.4) is 0 Å². The van der Waals surface area contributed by atoms with Gasteiger partial charge in [-0.25, -0.2) is 4.39 Å². The number of nitrogens with zero attached hydrogens (tertiary/aromatic N) is 1. The molecule has 1 aliphatic rings. The lowest BCUT2D eigenvalue weighted by atomic mass is 10.0. The van der Waals surface area contributed by atoms with Gasteiger partial charge in [0.05, 0.1) is 0 Å². The zero-order chi connectivity index (χ0) is 11.4. The summed E-state index contributed by atoms with van der Waals surface area (Å²) >= 11 is 0. The van der Waals surface area contributed by atoms with Crippen molar-refractivity contribution < 1.29 is 4.39 Å². The summed E-state index contributed by atoms with van der Waals surface area (Å²) in [5, 5.41) is 0. The highest BCUT2D eigenvalue weighted by molar-refractivity contribution is 5.49. The quantitative estimate of drug-likeness (QED) is 0.737. The summed E-state index contributed by atoms with van der Waals surface area (Å²) in [6.07, 6.45) is 8.16. The highest BCUT2D eigenvalue weighted by Gasteiger charge is 2.15. The average molecular weight is 219 g/mol. The lowest BCUT2D eigenvalue weighted by Gasteiger charge is -2.30. The molecule has 0 saturated carbocycles. The molecule has 0 bridgehead atoms. The molecule has 86 valence electrons. The number of hydrogen-bond donors (Lipinski definition) is 0. The van der Waals surface area contributed by atoms with E-state index in [9.17, 15) is 4.39 Å². The van der Waals surface area contributed by atoms with Gasteiger partial charge in [-0.2, -0.15) is 0 Å². The molecule has 1 nitrogen and oxygen atoms in total. The van der Waals surface area contributed by atoms with Gasteiger partial charge in [0.2, 0.25) is 0 Å². The van der Waals surface area contributed by atoms with Crippen molar-refractivity contribution in [3.05, 3.63) is 41.7 Å². The minimum atomic E-state index is -0.174. The molecule has 0 aliphatic carbocycles. The Labute approximate surface area is 96.6 Å². The van der Waals surface area contributed by atoms with E-state index in [0.717, 1.165) is 5.56 Å². The Morgan fingerprint density at radius 2 is 2.00 bits per heavy atom. The fourth-order valence-electron chi connectivity index (χ4n) is 2.14. The predicted octanol–water partition coefficient (Wildman–Crippen LogP) is 3.32. The van der Waals surface area contributed by atoms with Gasteiger partial charge in [0, 0.05) is 6.04 Å². The number of benzene rings is 1. The molecule has 2 heteroatoms. The Hall–Kier alpha value is -1.15. The van der Waals surface area contributed by atoms with Crippen LogP contribution in [-0.2, 0) is 0 Å². The maximum absolute atomic E-state index is 12.7. The monoisotopic (exact) mass is 219 g/mol. The van der Waals surface area contributed by atoms with Gasteiger partial charge < -0.3 is 0 Å². The van der Waals surface area contributed by atoms with Crippen molar-refractivity contribution in [2.24, 2.45) is 0 Å². The van der Waals surface area contributed by atoms with Crippen LogP contribution in [0.5, 0.6) is 0 Å². The molecule has 1 unspecified atom stereocenters. The van der Waals surface area contributed by atoms with E-state index in [-0.39, 0.29) is 5.82 Å². The second kappa shape index (κ2) is 5.26. The third kappa shape index (κ3) is 2.92. The minimum absolute atomic E-state index is 0.174. The molecule has 0 amide bonds. The molecule has 1 aromatic carbocycles. The molecule has 1 aromatic rings. The minimum Gasteiger partial charge on any atom is -0.300 e. The maximum Gasteiger partial charge on any atom is 0.123 e. The van der Waals surface area contributed by atoms with Crippen LogP contribution in [0.25, 0.3) is 6.08 Å². The molecular formula is C14H18FN. The largest absolute Gasteiger partial charge is 0.300 e. The number of halogens is 1. The Balaban J connectivity index is 2.00. The van der Waals surface area contributed by atoms with Crippen molar-refractivity contribution in [1.82, 2.24) is 4.90 Å². The van der Waals surface area contributed by atoms with E-state index in [0.29, 0.717) is 6.04 Å². The summed E-state index contributed by atoms with van der Waals surface area (Å²) in [7, 11) is 2.17. The Kier molecular flexibility index (Phi) is 3.73. The zero-order valence-corrected chi connectivity index (χ0v) is 9.70. The van der Waals surface area contributed by atoms with Gasteiger partial charge in [0.25, 0.3) is 0 Å². The van der Waals surface area contributed by atoms with E-state index in [1.807, 2.05) is 12.1 Å². The second-order valence-electron chi connectivity index (χ2n) is 4.45. The van der Waals surface area contributed by atoms with Crippen LogP contribution in [0, 0.1) is 5.82 Å². The number of hydrogen-bond acceptors (Lipinski definition) is 1. The van der Waals surface area contributed by atoms with Gasteiger partial charge in [0.15, 0.2) is 0 Å². The van der Waals surface area contributed by atoms with Crippen molar-refractivity contribution >= 4 is 6.08 Å². The first-order valence-electron chi connectivity index (χ1n) is 5.90. The van der Waals surface area contributed by atoms with Crippen molar-refractivity contribution in [1.29, 1.82) is 0 Å². The van der Waals surface area contributed by atoms with Gasteiger partial charge >= 0.3 is 0 Å². The second-order valence-corrected chi connectivity index (χ2v) is 4.45. The summed E-state index contributed by atoms with van der Waals surface area (Å²) < 4.78 is 12.7. The van der Waals surface area contributed by atoms with E-state index in [4.69, 9.17) is 0 Å². The van der Waals surface area contributed by atoms with Crippen molar-refractivity contribution in [3.8, 4) is 0 Å². The van der Waals surface area contributed by atoms with Crippen LogP contribution >= 0.6 is 0 Å². The van der Waals surface area contributed by atoms with Gasteiger partial charge in [-0.1, -0.05) is 30.7 Å². The lowest BCUT2D eigenvalue weighted by Crippen LogP contribution is -2.34.